The Kier molecular flexibility index (Phi) is 4.79. The van der Waals surface area contributed by atoms with E-state index in [-0.39, 0.29) is 22.7 Å². The number of anilines is 2. The molecule has 1 amide bonds. The largest absolute Gasteiger partial charge is 0.325 e. The van der Waals surface area contributed by atoms with Crippen LogP contribution in [0.3, 0.4) is 0 Å². The number of carbonyl (C=O) groups excluding carboxylic acids is 1. The highest BCUT2D eigenvalue weighted by atomic mass is 35.5. The first-order valence-electron chi connectivity index (χ1n) is 5.74. The Morgan fingerprint density at radius 1 is 1.50 bits per heavy atom. The molecule has 0 saturated carbocycles. The van der Waals surface area contributed by atoms with Gasteiger partial charge in [-0.05, 0) is 18.2 Å². The minimum Gasteiger partial charge on any atom is -0.325 e. The van der Waals surface area contributed by atoms with E-state index in [0.717, 1.165) is 17.9 Å². The molecule has 9 heteroatoms. The monoisotopic (exact) mass is 335 g/mol. The molecule has 2 rings (SSSR count). The van der Waals surface area contributed by atoms with E-state index in [9.17, 15) is 13.2 Å². The van der Waals surface area contributed by atoms with E-state index in [1.165, 1.54) is 12.1 Å². The number of hydrogen-bond acceptors (Lipinski definition) is 5. The summed E-state index contributed by atoms with van der Waals surface area (Å²) in [4.78, 5) is 11.9. The standard InChI is InChI=1S/C11H14ClN3O3S2/c1-20(17,18)15-9-3-2-7(4-8(9)12)14-11(16)10-5-19-6-13-10/h2-4,10,13,15H,5-6H2,1H3,(H,14,16). The first-order valence-corrected chi connectivity index (χ1v) is 9.17. The van der Waals surface area contributed by atoms with Crippen molar-refractivity contribution in [3.63, 3.8) is 0 Å². The normalized spacial score (nSPS) is 18.8. The van der Waals surface area contributed by atoms with Crippen LogP contribution in [-0.4, -0.2) is 38.3 Å². The minimum atomic E-state index is -3.38. The third-order valence-electron chi connectivity index (χ3n) is 2.56. The number of hydrogen-bond donors (Lipinski definition) is 3. The second-order valence-corrected chi connectivity index (χ2v) is 7.52. The van der Waals surface area contributed by atoms with Crippen LogP contribution in [-0.2, 0) is 14.8 Å². The van der Waals surface area contributed by atoms with Crippen LogP contribution >= 0.6 is 23.4 Å². The molecule has 1 aliphatic rings. The zero-order chi connectivity index (χ0) is 14.8. The number of nitrogens with one attached hydrogen (secondary N) is 3. The summed E-state index contributed by atoms with van der Waals surface area (Å²) in [5, 5.41) is 6.02. The van der Waals surface area contributed by atoms with Crippen LogP contribution in [0.25, 0.3) is 0 Å². The quantitative estimate of drug-likeness (QED) is 0.772. The van der Waals surface area contributed by atoms with Crippen molar-refractivity contribution in [2.24, 2.45) is 0 Å². The highest BCUT2D eigenvalue weighted by Gasteiger charge is 2.22. The summed E-state index contributed by atoms with van der Waals surface area (Å²) < 4.78 is 24.6. The predicted octanol–water partition coefficient (Wildman–Crippen LogP) is 1.31. The van der Waals surface area contributed by atoms with E-state index >= 15 is 0 Å². The van der Waals surface area contributed by atoms with Crippen molar-refractivity contribution in [2.75, 3.05) is 27.9 Å². The van der Waals surface area contributed by atoms with E-state index < -0.39 is 10.0 Å². The van der Waals surface area contributed by atoms with Gasteiger partial charge >= 0.3 is 0 Å². The third-order valence-corrected chi connectivity index (χ3v) is 4.41. The first-order chi connectivity index (χ1) is 9.35. The fraction of sp³-hybridized carbons (Fsp3) is 0.364. The summed E-state index contributed by atoms with van der Waals surface area (Å²) in [7, 11) is -3.38. The molecule has 0 radical (unpaired) electrons. The lowest BCUT2D eigenvalue weighted by atomic mass is 10.2. The number of halogens is 1. The van der Waals surface area contributed by atoms with Gasteiger partial charge in [-0.3, -0.25) is 14.8 Å². The van der Waals surface area contributed by atoms with Gasteiger partial charge in [-0.1, -0.05) is 11.6 Å². The fourth-order valence-electron chi connectivity index (χ4n) is 1.67. The summed E-state index contributed by atoms with van der Waals surface area (Å²) in [6.07, 6.45) is 1.04. The molecule has 1 saturated heterocycles. The van der Waals surface area contributed by atoms with Crippen LogP contribution in [0, 0.1) is 0 Å². The molecule has 20 heavy (non-hydrogen) atoms. The van der Waals surface area contributed by atoms with Gasteiger partial charge in [0.05, 0.1) is 23.0 Å². The van der Waals surface area contributed by atoms with Crippen molar-refractivity contribution >= 4 is 50.7 Å². The van der Waals surface area contributed by atoms with Crippen LogP contribution in [0.15, 0.2) is 18.2 Å². The molecule has 0 aliphatic carbocycles. The summed E-state index contributed by atoms with van der Waals surface area (Å²) in [5.74, 6) is 1.36. The zero-order valence-electron chi connectivity index (χ0n) is 10.6. The zero-order valence-corrected chi connectivity index (χ0v) is 13.0. The molecule has 0 aromatic heterocycles. The van der Waals surface area contributed by atoms with Crippen molar-refractivity contribution in [2.45, 2.75) is 6.04 Å². The highest BCUT2D eigenvalue weighted by molar-refractivity contribution is 7.99. The molecule has 3 N–H and O–H groups in total. The highest BCUT2D eigenvalue weighted by Crippen LogP contribution is 2.26. The van der Waals surface area contributed by atoms with Gasteiger partial charge in [0.2, 0.25) is 15.9 Å². The third kappa shape index (κ3) is 4.27. The minimum absolute atomic E-state index is 0.130. The smallest absolute Gasteiger partial charge is 0.242 e. The number of amides is 1. The SMILES string of the molecule is CS(=O)(=O)Nc1ccc(NC(=O)C2CSCN2)cc1Cl. The number of sulfonamides is 1. The molecule has 1 fully saturated rings. The van der Waals surface area contributed by atoms with E-state index in [4.69, 9.17) is 11.6 Å². The Labute approximate surface area is 126 Å². The molecular formula is C11H14ClN3O3S2. The fourth-order valence-corrected chi connectivity index (χ4v) is 3.47. The van der Waals surface area contributed by atoms with Gasteiger partial charge in [0.15, 0.2) is 0 Å². The number of carbonyl (C=O) groups is 1. The maximum Gasteiger partial charge on any atom is 0.242 e. The molecule has 1 aromatic carbocycles. The number of thioether (sulfide) groups is 1. The second-order valence-electron chi connectivity index (χ2n) is 4.33. The molecule has 1 aromatic rings. The lowest BCUT2D eigenvalue weighted by Crippen LogP contribution is -2.37. The van der Waals surface area contributed by atoms with Crippen molar-refractivity contribution in [3.8, 4) is 0 Å². The van der Waals surface area contributed by atoms with E-state index in [2.05, 4.69) is 15.4 Å². The molecule has 1 atom stereocenters. The van der Waals surface area contributed by atoms with Crippen LogP contribution in [0.2, 0.25) is 5.02 Å². The van der Waals surface area contributed by atoms with Crippen molar-refractivity contribution in [1.29, 1.82) is 0 Å². The molecule has 1 aliphatic heterocycles. The average Bonchev–Trinajstić information content (AvgIpc) is 2.85. The second kappa shape index (κ2) is 6.21. The van der Waals surface area contributed by atoms with Crippen LogP contribution in [0.4, 0.5) is 11.4 Å². The molecular weight excluding hydrogens is 322 g/mol. The van der Waals surface area contributed by atoms with Gasteiger partial charge < -0.3 is 5.32 Å². The average molecular weight is 336 g/mol. The lowest BCUT2D eigenvalue weighted by molar-refractivity contribution is -0.117. The molecule has 6 nitrogen and oxygen atoms in total. The lowest BCUT2D eigenvalue weighted by Gasteiger charge is -2.12. The summed E-state index contributed by atoms with van der Waals surface area (Å²) in [5.41, 5.74) is 0.805. The van der Waals surface area contributed by atoms with E-state index in [1.807, 2.05) is 0 Å². The molecule has 110 valence electrons. The van der Waals surface area contributed by atoms with Gasteiger partial charge in [-0.25, -0.2) is 8.42 Å². The van der Waals surface area contributed by atoms with Crippen LogP contribution < -0.4 is 15.4 Å². The predicted molar refractivity (Wildman–Crippen MR) is 82.8 cm³/mol. The Bertz CT molecular complexity index is 615. The van der Waals surface area contributed by atoms with Gasteiger partial charge in [-0.15, -0.1) is 11.8 Å². The van der Waals surface area contributed by atoms with E-state index in [0.29, 0.717) is 5.69 Å². The number of rotatable bonds is 4. The van der Waals surface area contributed by atoms with Crippen molar-refractivity contribution in [1.82, 2.24) is 5.32 Å². The van der Waals surface area contributed by atoms with E-state index in [1.54, 1.807) is 17.8 Å². The van der Waals surface area contributed by atoms with Gasteiger partial charge in [0.1, 0.15) is 0 Å². The van der Waals surface area contributed by atoms with Crippen LogP contribution in [0.5, 0.6) is 0 Å². The summed E-state index contributed by atoms with van der Waals surface area (Å²) in [6.45, 7) is 0. The molecule has 0 bridgehead atoms. The topological polar surface area (TPSA) is 87.3 Å². The Morgan fingerprint density at radius 3 is 2.80 bits per heavy atom. The molecule has 0 spiro atoms. The van der Waals surface area contributed by atoms with Gasteiger partial charge in [0.25, 0.3) is 0 Å². The van der Waals surface area contributed by atoms with Crippen molar-refractivity contribution in [3.05, 3.63) is 23.2 Å². The first kappa shape index (κ1) is 15.4. The van der Waals surface area contributed by atoms with Crippen LogP contribution in [0.1, 0.15) is 0 Å². The van der Waals surface area contributed by atoms with Crippen molar-refractivity contribution < 1.29 is 13.2 Å². The maximum atomic E-state index is 11.9. The Hall–Kier alpha value is -0.960. The van der Waals surface area contributed by atoms with Gasteiger partial charge in [-0.2, -0.15) is 0 Å². The maximum absolute atomic E-state index is 11.9. The number of benzene rings is 1. The summed E-state index contributed by atoms with van der Waals surface area (Å²) >= 11 is 7.64. The van der Waals surface area contributed by atoms with Gasteiger partial charge in [0, 0.05) is 17.3 Å². The Morgan fingerprint density at radius 2 is 2.25 bits per heavy atom. The molecule has 1 unspecified atom stereocenters. The molecule has 1 heterocycles. The Balaban J connectivity index is 2.07. The summed E-state index contributed by atoms with van der Waals surface area (Å²) in [6, 6.07) is 4.40.